The minimum absolute atomic E-state index is 0.0666. The zero-order valence-electron chi connectivity index (χ0n) is 22.3. The van der Waals surface area contributed by atoms with Gasteiger partial charge in [-0.1, -0.05) is 49.7 Å². The van der Waals surface area contributed by atoms with Gasteiger partial charge >= 0.3 is 0 Å². The van der Waals surface area contributed by atoms with E-state index in [4.69, 9.17) is 9.47 Å². The highest BCUT2D eigenvalue weighted by Crippen LogP contribution is 2.42. The Morgan fingerprint density at radius 1 is 1.08 bits per heavy atom. The van der Waals surface area contributed by atoms with Gasteiger partial charge in [-0.3, -0.25) is 9.59 Å². The first-order valence-electron chi connectivity index (χ1n) is 13.0. The van der Waals surface area contributed by atoms with Crippen LogP contribution in [-0.2, 0) is 11.2 Å². The first kappa shape index (κ1) is 27.4. The fourth-order valence-corrected chi connectivity index (χ4v) is 5.50. The van der Waals surface area contributed by atoms with E-state index in [9.17, 15) is 14.7 Å². The van der Waals surface area contributed by atoms with Crippen molar-refractivity contribution < 1.29 is 24.2 Å². The van der Waals surface area contributed by atoms with Crippen molar-refractivity contribution in [1.82, 2.24) is 9.88 Å². The molecule has 8 heteroatoms. The Bertz CT molecular complexity index is 1330. The third-order valence-corrected chi connectivity index (χ3v) is 7.55. The molecule has 1 aliphatic rings. The van der Waals surface area contributed by atoms with E-state index in [-0.39, 0.29) is 11.4 Å². The highest BCUT2D eigenvalue weighted by molar-refractivity contribution is 7.14. The summed E-state index contributed by atoms with van der Waals surface area (Å²) >= 11 is 1.27. The Labute approximate surface area is 227 Å². The Kier molecular flexibility index (Phi) is 8.84. The number of carbonyl (C=O) groups excluding carboxylic acids is 2. The van der Waals surface area contributed by atoms with Gasteiger partial charge in [-0.05, 0) is 56.9 Å². The van der Waals surface area contributed by atoms with Crippen molar-refractivity contribution in [3.63, 3.8) is 0 Å². The van der Waals surface area contributed by atoms with Crippen molar-refractivity contribution in [2.75, 3.05) is 19.8 Å². The molecule has 1 aromatic heterocycles. The Morgan fingerprint density at radius 2 is 1.84 bits per heavy atom. The number of ketones is 1. The van der Waals surface area contributed by atoms with Crippen LogP contribution in [0.1, 0.15) is 64.2 Å². The molecular formula is C30H34N2O5S. The smallest absolute Gasteiger partial charge is 0.290 e. The standard InChI is InChI=1S/C30H34N2O5S/c1-5-7-17-37-23-14-13-22(18-24(23)36-6-2)26-25(27(33)29-19(3)31-20(4)38-29)28(34)30(35)32(26)16-15-21-11-9-8-10-12-21/h8-14,18,26,34H,5-7,15-17H2,1-4H3. The Balaban J connectivity index is 1.76. The summed E-state index contributed by atoms with van der Waals surface area (Å²) in [6, 6.07) is 14.5. The average molecular weight is 535 g/mol. The largest absolute Gasteiger partial charge is 0.503 e. The lowest BCUT2D eigenvalue weighted by molar-refractivity contribution is -0.129. The predicted molar refractivity (Wildman–Crippen MR) is 148 cm³/mol. The van der Waals surface area contributed by atoms with Gasteiger partial charge in [-0.25, -0.2) is 4.98 Å². The minimum atomic E-state index is -0.774. The zero-order valence-corrected chi connectivity index (χ0v) is 23.1. The van der Waals surface area contributed by atoms with Crippen LogP contribution < -0.4 is 9.47 Å². The van der Waals surface area contributed by atoms with Gasteiger partial charge in [0, 0.05) is 6.54 Å². The molecule has 1 amide bonds. The summed E-state index contributed by atoms with van der Waals surface area (Å²) in [5.74, 6) is -0.305. The lowest BCUT2D eigenvalue weighted by Gasteiger charge is -2.27. The van der Waals surface area contributed by atoms with Crippen molar-refractivity contribution in [2.24, 2.45) is 0 Å². The van der Waals surface area contributed by atoms with Gasteiger partial charge in [0.2, 0.25) is 5.78 Å². The molecule has 4 rings (SSSR count). The number of aromatic nitrogens is 1. The summed E-state index contributed by atoms with van der Waals surface area (Å²) < 4.78 is 11.8. The third kappa shape index (κ3) is 5.75. The number of benzene rings is 2. The number of aliphatic hydroxyl groups excluding tert-OH is 1. The molecule has 0 bridgehead atoms. The lowest BCUT2D eigenvalue weighted by atomic mass is 9.94. The van der Waals surface area contributed by atoms with Crippen LogP contribution in [0.5, 0.6) is 11.5 Å². The monoisotopic (exact) mass is 534 g/mol. The molecule has 0 radical (unpaired) electrons. The van der Waals surface area contributed by atoms with Gasteiger partial charge in [0.25, 0.3) is 5.91 Å². The maximum atomic E-state index is 13.8. The quantitative estimate of drug-likeness (QED) is 0.221. The van der Waals surface area contributed by atoms with E-state index in [2.05, 4.69) is 11.9 Å². The maximum absolute atomic E-state index is 13.8. The Morgan fingerprint density at radius 3 is 2.50 bits per heavy atom. The van der Waals surface area contributed by atoms with E-state index < -0.39 is 17.7 Å². The molecule has 3 aromatic rings. The number of aryl methyl sites for hydroxylation is 2. The van der Waals surface area contributed by atoms with Gasteiger partial charge in [-0.15, -0.1) is 11.3 Å². The number of hydrogen-bond acceptors (Lipinski definition) is 7. The number of amides is 1. The van der Waals surface area contributed by atoms with Crippen LogP contribution in [0.4, 0.5) is 0 Å². The molecule has 7 nitrogen and oxygen atoms in total. The van der Waals surface area contributed by atoms with E-state index in [0.29, 0.717) is 53.8 Å². The molecular weight excluding hydrogens is 500 g/mol. The molecule has 200 valence electrons. The second kappa shape index (κ2) is 12.3. The number of ether oxygens (including phenoxy) is 2. The van der Waals surface area contributed by atoms with Crippen molar-refractivity contribution in [2.45, 2.75) is 53.0 Å². The van der Waals surface area contributed by atoms with E-state index in [1.165, 1.54) is 11.3 Å². The van der Waals surface area contributed by atoms with Gasteiger partial charge in [0.1, 0.15) is 0 Å². The van der Waals surface area contributed by atoms with Gasteiger partial charge in [0.05, 0.1) is 40.4 Å². The summed E-state index contributed by atoms with van der Waals surface area (Å²) in [6.07, 6.45) is 2.50. The molecule has 1 N–H and O–H groups in total. The van der Waals surface area contributed by atoms with Crippen LogP contribution in [0.15, 0.2) is 59.9 Å². The average Bonchev–Trinajstić information content (AvgIpc) is 3.38. The number of hydrogen-bond donors (Lipinski definition) is 1. The van der Waals surface area contributed by atoms with Crippen molar-refractivity contribution in [3.05, 3.63) is 86.6 Å². The SMILES string of the molecule is CCCCOc1ccc(C2C(C(=O)c3sc(C)nc3C)=C(O)C(=O)N2CCc2ccccc2)cc1OCC. The van der Waals surface area contributed by atoms with Crippen LogP contribution in [0, 0.1) is 13.8 Å². The van der Waals surface area contributed by atoms with Crippen LogP contribution >= 0.6 is 11.3 Å². The molecule has 1 unspecified atom stereocenters. The lowest BCUT2D eigenvalue weighted by Crippen LogP contribution is -2.33. The summed E-state index contributed by atoms with van der Waals surface area (Å²) in [5, 5.41) is 11.8. The van der Waals surface area contributed by atoms with Crippen LogP contribution in [0.25, 0.3) is 0 Å². The predicted octanol–water partition coefficient (Wildman–Crippen LogP) is 6.16. The first-order valence-corrected chi connectivity index (χ1v) is 13.8. The van der Waals surface area contributed by atoms with E-state index in [1.54, 1.807) is 11.8 Å². The maximum Gasteiger partial charge on any atom is 0.290 e. The fraction of sp³-hybridized carbons (Fsp3) is 0.367. The molecule has 0 aliphatic carbocycles. The first-order chi connectivity index (χ1) is 18.3. The highest BCUT2D eigenvalue weighted by atomic mass is 32.1. The normalized spacial score (nSPS) is 15.3. The summed E-state index contributed by atoms with van der Waals surface area (Å²) in [4.78, 5) is 33.6. The van der Waals surface area contributed by atoms with Crippen LogP contribution in [0.3, 0.4) is 0 Å². The molecule has 0 spiro atoms. The molecule has 0 fully saturated rings. The number of nitrogens with zero attached hydrogens (tertiary/aromatic N) is 2. The number of Topliss-reactive ketones (excluding diaryl/α,β-unsaturated/α-hetero) is 1. The number of rotatable bonds is 12. The van der Waals surface area contributed by atoms with Crippen molar-refractivity contribution in [1.29, 1.82) is 0 Å². The molecule has 38 heavy (non-hydrogen) atoms. The fourth-order valence-electron chi connectivity index (χ4n) is 4.63. The molecule has 0 saturated carbocycles. The van der Waals surface area contributed by atoms with E-state index in [0.717, 1.165) is 23.4 Å². The molecule has 1 aliphatic heterocycles. The van der Waals surface area contributed by atoms with Gasteiger partial charge in [-0.2, -0.15) is 0 Å². The number of aliphatic hydroxyl groups is 1. The second-order valence-electron chi connectivity index (χ2n) is 9.22. The van der Waals surface area contributed by atoms with Crippen molar-refractivity contribution >= 4 is 23.0 Å². The summed E-state index contributed by atoms with van der Waals surface area (Å²) in [6.45, 7) is 8.91. The minimum Gasteiger partial charge on any atom is -0.503 e. The summed E-state index contributed by atoms with van der Waals surface area (Å²) in [5.41, 5.74) is 2.38. The zero-order chi connectivity index (χ0) is 27.2. The molecule has 0 saturated heterocycles. The van der Waals surface area contributed by atoms with E-state index >= 15 is 0 Å². The summed E-state index contributed by atoms with van der Waals surface area (Å²) in [7, 11) is 0. The number of carbonyl (C=O) groups is 2. The van der Waals surface area contributed by atoms with E-state index in [1.807, 2.05) is 62.4 Å². The number of thiazole rings is 1. The van der Waals surface area contributed by atoms with Crippen LogP contribution in [0.2, 0.25) is 0 Å². The highest BCUT2D eigenvalue weighted by Gasteiger charge is 2.44. The molecule has 2 heterocycles. The van der Waals surface area contributed by atoms with Crippen LogP contribution in [-0.4, -0.2) is 46.4 Å². The van der Waals surface area contributed by atoms with Gasteiger partial charge in [0.15, 0.2) is 17.3 Å². The molecule has 2 aromatic carbocycles. The Hall–Kier alpha value is -3.65. The second-order valence-corrected chi connectivity index (χ2v) is 10.4. The van der Waals surface area contributed by atoms with Crippen molar-refractivity contribution in [3.8, 4) is 11.5 Å². The van der Waals surface area contributed by atoms with Gasteiger partial charge < -0.3 is 19.5 Å². The third-order valence-electron chi connectivity index (χ3n) is 6.48. The topological polar surface area (TPSA) is 89.0 Å². The number of unbranched alkanes of at least 4 members (excludes halogenated alkanes) is 1. The molecule has 1 atom stereocenters.